The van der Waals surface area contributed by atoms with Crippen molar-refractivity contribution in [3.63, 3.8) is 0 Å². The SMILES string of the molecule is COc1cccc(C(=O)CC(C)C(=O)O)c1OC. The summed E-state index contributed by atoms with van der Waals surface area (Å²) in [6.45, 7) is 1.49. The number of aliphatic carboxylic acids is 1. The average Bonchev–Trinajstić information content (AvgIpc) is 2.37. The Morgan fingerprint density at radius 2 is 1.94 bits per heavy atom. The van der Waals surface area contributed by atoms with Crippen LogP contribution >= 0.6 is 0 Å². The Bertz CT molecular complexity index is 453. The maximum Gasteiger partial charge on any atom is 0.306 e. The summed E-state index contributed by atoms with van der Waals surface area (Å²) >= 11 is 0. The largest absolute Gasteiger partial charge is 0.493 e. The van der Waals surface area contributed by atoms with Gasteiger partial charge in [0.1, 0.15) is 0 Å². The summed E-state index contributed by atoms with van der Waals surface area (Å²) in [5, 5.41) is 8.80. The summed E-state index contributed by atoms with van der Waals surface area (Å²) in [5.41, 5.74) is 0.338. The maximum absolute atomic E-state index is 12.0. The van der Waals surface area contributed by atoms with Gasteiger partial charge in [0.2, 0.25) is 0 Å². The lowest BCUT2D eigenvalue weighted by Gasteiger charge is -2.12. The van der Waals surface area contributed by atoms with Crippen molar-refractivity contribution in [1.29, 1.82) is 0 Å². The van der Waals surface area contributed by atoms with Crippen molar-refractivity contribution in [2.75, 3.05) is 14.2 Å². The van der Waals surface area contributed by atoms with E-state index in [4.69, 9.17) is 14.6 Å². The van der Waals surface area contributed by atoms with Gasteiger partial charge in [0.15, 0.2) is 17.3 Å². The molecule has 1 rings (SSSR count). The highest BCUT2D eigenvalue weighted by atomic mass is 16.5. The molecule has 0 aliphatic carbocycles. The predicted molar refractivity (Wildman–Crippen MR) is 65.3 cm³/mol. The van der Waals surface area contributed by atoms with Crippen molar-refractivity contribution >= 4 is 11.8 Å². The van der Waals surface area contributed by atoms with Gasteiger partial charge < -0.3 is 14.6 Å². The third kappa shape index (κ3) is 3.00. The molecule has 0 saturated carbocycles. The second kappa shape index (κ2) is 6.05. The molecule has 0 bridgehead atoms. The van der Waals surface area contributed by atoms with Gasteiger partial charge in [0, 0.05) is 6.42 Å². The van der Waals surface area contributed by atoms with Crippen LogP contribution in [0.15, 0.2) is 18.2 Å². The van der Waals surface area contributed by atoms with E-state index in [0.29, 0.717) is 17.1 Å². The number of carbonyl (C=O) groups is 2. The molecule has 1 aromatic carbocycles. The first-order valence-electron chi connectivity index (χ1n) is 5.48. The second-order valence-electron chi connectivity index (χ2n) is 3.91. The second-order valence-corrected chi connectivity index (χ2v) is 3.91. The van der Waals surface area contributed by atoms with Crippen LogP contribution in [0.1, 0.15) is 23.7 Å². The fraction of sp³-hybridized carbons (Fsp3) is 0.385. The van der Waals surface area contributed by atoms with E-state index in [0.717, 1.165) is 0 Å². The van der Waals surface area contributed by atoms with Crippen LogP contribution in [0.25, 0.3) is 0 Å². The molecule has 0 amide bonds. The molecule has 1 aromatic rings. The lowest BCUT2D eigenvalue weighted by Crippen LogP contribution is -2.15. The summed E-state index contributed by atoms with van der Waals surface area (Å²) < 4.78 is 10.2. The number of hydrogen-bond acceptors (Lipinski definition) is 4. The van der Waals surface area contributed by atoms with Crippen molar-refractivity contribution in [2.24, 2.45) is 5.92 Å². The topological polar surface area (TPSA) is 72.8 Å². The number of Topliss-reactive ketones (excluding diaryl/α,β-unsaturated/α-hetero) is 1. The molecule has 0 saturated heterocycles. The van der Waals surface area contributed by atoms with Gasteiger partial charge in [0.05, 0.1) is 25.7 Å². The Balaban J connectivity index is 3.02. The minimum absolute atomic E-state index is 0.0706. The standard InChI is InChI=1S/C13H16O5/c1-8(13(15)16)7-10(14)9-5-4-6-11(17-2)12(9)18-3/h4-6,8H,7H2,1-3H3,(H,15,16). The molecule has 1 unspecified atom stereocenters. The van der Waals surface area contributed by atoms with E-state index in [1.165, 1.54) is 21.1 Å². The van der Waals surface area contributed by atoms with E-state index in [1.54, 1.807) is 18.2 Å². The average molecular weight is 252 g/mol. The number of para-hydroxylation sites is 1. The molecule has 5 heteroatoms. The number of benzene rings is 1. The molecule has 0 fully saturated rings. The van der Waals surface area contributed by atoms with E-state index in [2.05, 4.69) is 0 Å². The Hall–Kier alpha value is -2.04. The molecule has 98 valence electrons. The number of rotatable bonds is 6. The van der Waals surface area contributed by atoms with Crippen LogP contribution in [0.3, 0.4) is 0 Å². The zero-order valence-corrected chi connectivity index (χ0v) is 10.6. The fourth-order valence-corrected chi connectivity index (χ4v) is 1.58. The van der Waals surface area contributed by atoms with Gasteiger partial charge in [-0.05, 0) is 12.1 Å². The van der Waals surface area contributed by atoms with Crippen molar-refractivity contribution in [1.82, 2.24) is 0 Å². The number of carboxylic acid groups (broad SMARTS) is 1. The van der Waals surface area contributed by atoms with Crippen molar-refractivity contribution in [2.45, 2.75) is 13.3 Å². The molecule has 0 aromatic heterocycles. The van der Waals surface area contributed by atoms with Crippen molar-refractivity contribution < 1.29 is 24.2 Å². The normalized spacial score (nSPS) is 11.7. The van der Waals surface area contributed by atoms with Crippen LogP contribution in [-0.4, -0.2) is 31.1 Å². The number of ether oxygens (including phenoxy) is 2. The zero-order chi connectivity index (χ0) is 13.7. The van der Waals surface area contributed by atoms with Crippen LogP contribution < -0.4 is 9.47 Å². The molecule has 0 aliphatic rings. The van der Waals surface area contributed by atoms with Gasteiger partial charge in [-0.1, -0.05) is 13.0 Å². The first-order valence-corrected chi connectivity index (χ1v) is 5.48. The third-order valence-electron chi connectivity index (χ3n) is 2.62. The number of methoxy groups -OCH3 is 2. The minimum atomic E-state index is -0.995. The van der Waals surface area contributed by atoms with E-state index in [9.17, 15) is 9.59 Å². The molecule has 0 spiro atoms. The van der Waals surface area contributed by atoms with Crippen molar-refractivity contribution in [3.8, 4) is 11.5 Å². The minimum Gasteiger partial charge on any atom is -0.493 e. The Morgan fingerprint density at radius 3 is 2.44 bits per heavy atom. The van der Waals surface area contributed by atoms with Crippen molar-refractivity contribution in [3.05, 3.63) is 23.8 Å². The summed E-state index contributed by atoms with van der Waals surface area (Å²) in [5.74, 6) is -1.21. The fourth-order valence-electron chi connectivity index (χ4n) is 1.58. The lowest BCUT2D eigenvalue weighted by atomic mass is 9.99. The van der Waals surface area contributed by atoms with E-state index < -0.39 is 11.9 Å². The molecule has 0 heterocycles. The molecular formula is C13H16O5. The first kappa shape index (κ1) is 14.0. The van der Waals surface area contributed by atoms with E-state index >= 15 is 0 Å². The molecule has 1 N–H and O–H groups in total. The van der Waals surface area contributed by atoms with Gasteiger partial charge in [-0.15, -0.1) is 0 Å². The number of ketones is 1. The Morgan fingerprint density at radius 1 is 1.28 bits per heavy atom. The van der Waals surface area contributed by atoms with E-state index in [1.807, 2.05) is 0 Å². The lowest BCUT2D eigenvalue weighted by molar-refractivity contribution is -0.141. The van der Waals surface area contributed by atoms with Gasteiger partial charge in [-0.25, -0.2) is 0 Å². The quantitative estimate of drug-likeness (QED) is 0.784. The molecule has 0 aliphatic heterocycles. The van der Waals surface area contributed by atoms with Gasteiger partial charge >= 0.3 is 5.97 Å². The third-order valence-corrected chi connectivity index (χ3v) is 2.62. The summed E-state index contributed by atoms with van der Waals surface area (Å²) in [6.07, 6.45) is -0.0706. The molecular weight excluding hydrogens is 236 g/mol. The summed E-state index contributed by atoms with van der Waals surface area (Å²) in [6, 6.07) is 4.94. The zero-order valence-electron chi connectivity index (χ0n) is 10.6. The molecule has 18 heavy (non-hydrogen) atoms. The number of hydrogen-bond donors (Lipinski definition) is 1. The van der Waals surface area contributed by atoms with Gasteiger partial charge in [-0.2, -0.15) is 0 Å². The van der Waals surface area contributed by atoms with Gasteiger partial charge in [-0.3, -0.25) is 9.59 Å². The Kier molecular flexibility index (Phi) is 4.71. The van der Waals surface area contributed by atoms with Crippen LogP contribution in [0.2, 0.25) is 0 Å². The highest BCUT2D eigenvalue weighted by Crippen LogP contribution is 2.31. The maximum atomic E-state index is 12.0. The highest BCUT2D eigenvalue weighted by Gasteiger charge is 2.21. The molecule has 1 atom stereocenters. The van der Waals surface area contributed by atoms with Crippen LogP contribution in [-0.2, 0) is 4.79 Å². The highest BCUT2D eigenvalue weighted by molar-refractivity contribution is 6.00. The van der Waals surface area contributed by atoms with Crippen LogP contribution in [0.4, 0.5) is 0 Å². The molecule has 0 radical (unpaired) electrons. The summed E-state index contributed by atoms with van der Waals surface area (Å²) in [7, 11) is 2.92. The summed E-state index contributed by atoms with van der Waals surface area (Å²) in [4.78, 5) is 22.7. The molecule has 5 nitrogen and oxygen atoms in total. The predicted octanol–water partition coefficient (Wildman–Crippen LogP) is 2.00. The van der Waals surface area contributed by atoms with Crippen LogP contribution in [0, 0.1) is 5.92 Å². The van der Waals surface area contributed by atoms with Gasteiger partial charge in [0.25, 0.3) is 0 Å². The van der Waals surface area contributed by atoms with Crippen LogP contribution in [0.5, 0.6) is 11.5 Å². The number of carboxylic acids is 1. The van der Waals surface area contributed by atoms with E-state index in [-0.39, 0.29) is 12.2 Å². The Labute approximate surface area is 105 Å². The monoisotopic (exact) mass is 252 g/mol. The number of carbonyl (C=O) groups excluding carboxylic acids is 1. The first-order chi connectivity index (χ1) is 8.51. The smallest absolute Gasteiger partial charge is 0.306 e.